The molecule has 24 heavy (non-hydrogen) atoms. The van der Waals surface area contributed by atoms with Crippen molar-refractivity contribution in [1.29, 1.82) is 0 Å². The van der Waals surface area contributed by atoms with Crippen molar-refractivity contribution in [2.75, 3.05) is 13.3 Å². The number of benzene rings is 1. The zero-order chi connectivity index (χ0) is 17.9. The molecule has 1 aromatic carbocycles. The monoisotopic (exact) mass is 350 g/mol. The van der Waals surface area contributed by atoms with Gasteiger partial charge in [0.1, 0.15) is 6.26 Å². The number of sulfone groups is 1. The van der Waals surface area contributed by atoms with Gasteiger partial charge in [-0.1, -0.05) is 25.1 Å². The summed E-state index contributed by atoms with van der Waals surface area (Å²) in [5.41, 5.74) is 2.73. The Morgan fingerprint density at radius 1 is 1.21 bits per heavy atom. The first-order valence-corrected chi connectivity index (χ1v) is 9.67. The van der Waals surface area contributed by atoms with Crippen molar-refractivity contribution in [2.45, 2.75) is 38.1 Å². The van der Waals surface area contributed by atoms with E-state index in [0.29, 0.717) is 24.1 Å². The molecule has 2 aromatic rings. The molecule has 0 radical (unpaired) electrons. The molecule has 0 fully saturated rings. The minimum atomic E-state index is -3.38. The van der Waals surface area contributed by atoms with E-state index in [1.807, 2.05) is 13.8 Å². The fourth-order valence-electron chi connectivity index (χ4n) is 2.57. The lowest BCUT2D eigenvalue weighted by Gasteiger charge is -2.18. The highest BCUT2D eigenvalue weighted by molar-refractivity contribution is 7.90. The van der Waals surface area contributed by atoms with Gasteiger partial charge in [0.05, 0.1) is 17.1 Å². The second-order valence-corrected chi connectivity index (χ2v) is 7.73. The van der Waals surface area contributed by atoms with E-state index in [2.05, 4.69) is 5.16 Å². The van der Waals surface area contributed by atoms with Crippen LogP contribution >= 0.6 is 0 Å². The molecule has 130 valence electrons. The fourth-order valence-corrected chi connectivity index (χ4v) is 3.60. The number of aryl methyl sites for hydroxylation is 2. The zero-order valence-corrected chi connectivity index (χ0v) is 15.2. The van der Waals surface area contributed by atoms with E-state index in [0.717, 1.165) is 23.9 Å². The Labute approximate surface area is 142 Å². The van der Waals surface area contributed by atoms with Crippen LogP contribution in [0.4, 0.5) is 0 Å². The third-order valence-corrected chi connectivity index (χ3v) is 5.09. The number of carbonyl (C=O) groups excluding carboxylic acids is 1. The average Bonchev–Trinajstić information content (AvgIpc) is 2.99. The summed E-state index contributed by atoms with van der Waals surface area (Å²) in [5.74, 6) is -0.245. The zero-order valence-electron chi connectivity index (χ0n) is 14.4. The minimum Gasteiger partial charge on any atom is -0.364 e. The van der Waals surface area contributed by atoms with Crippen molar-refractivity contribution in [3.05, 3.63) is 46.8 Å². The van der Waals surface area contributed by atoms with Gasteiger partial charge in [0, 0.05) is 24.4 Å². The molecule has 0 aliphatic heterocycles. The van der Waals surface area contributed by atoms with Gasteiger partial charge in [-0.05, 0) is 30.5 Å². The fraction of sp³-hybridized carbons (Fsp3) is 0.412. The van der Waals surface area contributed by atoms with Crippen LogP contribution in [-0.4, -0.2) is 37.7 Å². The number of carbonyl (C=O) groups is 1. The van der Waals surface area contributed by atoms with Crippen LogP contribution in [0.15, 0.2) is 33.9 Å². The Balaban J connectivity index is 2.29. The smallest absolute Gasteiger partial charge is 0.253 e. The maximum absolute atomic E-state index is 12.6. The normalized spacial score (nSPS) is 11.5. The van der Waals surface area contributed by atoms with Crippen molar-refractivity contribution >= 4 is 15.7 Å². The Morgan fingerprint density at radius 3 is 2.50 bits per heavy atom. The SMILES string of the molecule is CCc1ccc(C(=O)N(C)Cc2conc2CC)cc1S(C)(=O)=O. The molecule has 0 N–H and O–H groups in total. The Kier molecular flexibility index (Phi) is 5.43. The molecule has 0 saturated carbocycles. The van der Waals surface area contributed by atoms with Crippen LogP contribution in [0.1, 0.15) is 41.0 Å². The lowest BCUT2D eigenvalue weighted by atomic mass is 10.1. The number of hydrogen-bond donors (Lipinski definition) is 0. The summed E-state index contributed by atoms with van der Waals surface area (Å²) in [6, 6.07) is 4.83. The lowest BCUT2D eigenvalue weighted by molar-refractivity contribution is 0.0784. The van der Waals surface area contributed by atoms with Gasteiger partial charge in [-0.3, -0.25) is 4.79 Å². The van der Waals surface area contributed by atoms with Crippen LogP contribution in [0.2, 0.25) is 0 Å². The standard InChI is InChI=1S/C17H22N2O4S/c1-5-12-7-8-13(9-16(12)24(4,21)22)17(20)19(3)10-14-11-23-18-15(14)6-2/h7-9,11H,5-6,10H2,1-4H3. The predicted octanol–water partition coefficient (Wildman–Crippen LogP) is 2.48. The molecule has 0 saturated heterocycles. The number of amides is 1. The van der Waals surface area contributed by atoms with Gasteiger partial charge in [-0.15, -0.1) is 0 Å². The van der Waals surface area contributed by atoms with Crippen molar-refractivity contribution in [2.24, 2.45) is 0 Å². The third-order valence-electron chi connectivity index (χ3n) is 3.91. The van der Waals surface area contributed by atoms with Gasteiger partial charge in [0.15, 0.2) is 9.84 Å². The maximum atomic E-state index is 12.6. The maximum Gasteiger partial charge on any atom is 0.253 e. The topological polar surface area (TPSA) is 80.5 Å². The largest absolute Gasteiger partial charge is 0.364 e. The van der Waals surface area contributed by atoms with Gasteiger partial charge in [0.25, 0.3) is 5.91 Å². The molecular formula is C17H22N2O4S. The molecule has 6 nitrogen and oxygen atoms in total. The highest BCUT2D eigenvalue weighted by Crippen LogP contribution is 2.20. The third kappa shape index (κ3) is 3.84. The second-order valence-electron chi connectivity index (χ2n) is 5.75. The molecule has 0 aliphatic rings. The van der Waals surface area contributed by atoms with Crippen molar-refractivity contribution < 1.29 is 17.7 Å². The van der Waals surface area contributed by atoms with Gasteiger partial charge < -0.3 is 9.42 Å². The van der Waals surface area contributed by atoms with E-state index in [1.165, 1.54) is 17.2 Å². The van der Waals surface area contributed by atoms with Crippen molar-refractivity contribution in [3.8, 4) is 0 Å². The number of rotatable bonds is 6. The highest BCUT2D eigenvalue weighted by Gasteiger charge is 2.19. The second kappa shape index (κ2) is 7.17. The predicted molar refractivity (Wildman–Crippen MR) is 90.6 cm³/mol. The molecule has 2 rings (SSSR count). The lowest BCUT2D eigenvalue weighted by Crippen LogP contribution is -2.26. The Morgan fingerprint density at radius 2 is 1.92 bits per heavy atom. The highest BCUT2D eigenvalue weighted by atomic mass is 32.2. The molecule has 0 spiro atoms. The quantitative estimate of drug-likeness (QED) is 0.799. The molecule has 0 atom stereocenters. The van der Waals surface area contributed by atoms with Crippen LogP contribution < -0.4 is 0 Å². The van der Waals surface area contributed by atoms with E-state index >= 15 is 0 Å². The van der Waals surface area contributed by atoms with Gasteiger partial charge in [0.2, 0.25) is 0 Å². The first-order chi connectivity index (χ1) is 11.3. The number of aromatic nitrogens is 1. The average molecular weight is 350 g/mol. The first kappa shape index (κ1) is 18.2. The summed E-state index contributed by atoms with van der Waals surface area (Å²) in [4.78, 5) is 14.4. The van der Waals surface area contributed by atoms with Gasteiger partial charge in [-0.2, -0.15) is 0 Å². The number of nitrogens with zero attached hydrogens (tertiary/aromatic N) is 2. The summed E-state index contributed by atoms with van der Waals surface area (Å²) in [6.45, 7) is 4.20. The molecule has 0 bridgehead atoms. The summed E-state index contributed by atoms with van der Waals surface area (Å²) >= 11 is 0. The van der Waals surface area contributed by atoms with E-state index in [-0.39, 0.29) is 10.8 Å². The van der Waals surface area contributed by atoms with Crippen molar-refractivity contribution in [3.63, 3.8) is 0 Å². The Bertz CT molecular complexity index is 840. The minimum absolute atomic E-state index is 0.212. The van der Waals surface area contributed by atoms with Crippen molar-refractivity contribution in [1.82, 2.24) is 10.1 Å². The van der Waals surface area contributed by atoms with E-state index in [4.69, 9.17) is 4.52 Å². The molecule has 0 unspecified atom stereocenters. The van der Waals surface area contributed by atoms with Crippen LogP contribution in [0.3, 0.4) is 0 Å². The van der Waals surface area contributed by atoms with Gasteiger partial charge in [-0.25, -0.2) is 8.42 Å². The van der Waals surface area contributed by atoms with Crippen LogP contribution in [-0.2, 0) is 29.2 Å². The van der Waals surface area contributed by atoms with Gasteiger partial charge >= 0.3 is 0 Å². The van der Waals surface area contributed by atoms with E-state index < -0.39 is 9.84 Å². The summed E-state index contributed by atoms with van der Waals surface area (Å²) in [5, 5.41) is 3.90. The Hall–Kier alpha value is -2.15. The van der Waals surface area contributed by atoms with E-state index in [1.54, 1.807) is 19.2 Å². The molecule has 1 amide bonds. The van der Waals surface area contributed by atoms with Crippen LogP contribution in [0.5, 0.6) is 0 Å². The number of hydrogen-bond acceptors (Lipinski definition) is 5. The molecule has 1 aromatic heterocycles. The molecule has 7 heteroatoms. The molecule has 0 aliphatic carbocycles. The summed E-state index contributed by atoms with van der Waals surface area (Å²) in [7, 11) is -1.71. The first-order valence-electron chi connectivity index (χ1n) is 7.78. The summed E-state index contributed by atoms with van der Waals surface area (Å²) in [6.07, 6.45) is 4.00. The van der Waals surface area contributed by atoms with E-state index in [9.17, 15) is 13.2 Å². The summed E-state index contributed by atoms with van der Waals surface area (Å²) < 4.78 is 28.9. The molecule has 1 heterocycles. The molecular weight excluding hydrogens is 328 g/mol. The van der Waals surface area contributed by atoms with Crippen LogP contribution in [0.25, 0.3) is 0 Å². The van der Waals surface area contributed by atoms with Crippen LogP contribution in [0, 0.1) is 0 Å².